The van der Waals surface area contributed by atoms with E-state index in [4.69, 9.17) is 5.26 Å². The lowest BCUT2D eigenvalue weighted by atomic mass is 10.3. The molecule has 0 aromatic rings. The summed E-state index contributed by atoms with van der Waals surface area (Å²) in [6.07, 6.45) is -1.55. The molecule has 0 bridgehead atoms. The van der Waals surface area contributed by atoms with Crippen molar-refractivity contribution in [2.75, 3.05) is 0 Å². The van der Waals surface area contributed by atoms with Crippen LogP contribution < -0.4 is 0 Å². The molecule has 0 saturated heterocycles. The molecule has 1 fully saturated rings. The Balaban J connectivity index is 2.47. The van der Waals surface area contributed by atoms with Gasteiger partial charge in [0.05, 0.1) is 18.9 Å². The normalized spacial score (nSPS) is 21.3. The van der Waals surface area contributed by atoms with Crippen molar-refractivity contribution < 1.29 is 19.1 Å². The summed E-state index contributed by atoms with van der Waals surface area (Å²) >= 11 is 0. The predicted octanol–water partition coefficient (Wildman–Crippen LogP) is -0.256. The number of ketones is 2. The Labute approximate surface area is 74.3 Å². The average molecular weight is 181 g/mol. The fraction of sp³-hybridized carbons (Fsp3) is 0.500. The van der Waals surface area contributed by atoms with Crippen LogP contribution in [0.25, 0.3) is 0 Å². The fourth-order valence-corrected chi connectivity index (χ4v) is 1.07. The number of Topliss-reactive ketones (excluding diaryl/α,β-unsaturated/α-hetero) is 2. The number of hydrogen-bond donors (Lipinski definition) is 0. The van der Waals surface area contributed by atoms with Crippen molar-refractivity contribution in [1.82, 2.24) is 0 Å². The first-order valence-electron chi connectivity index (χ1n) is 3.74. The summed E-state index contributed by atoms with van der Waals surface area (Å²) in [7, 11) is 0. The van der Waals surface area contributed by atoms with Gasteiger partial charge in [-0.25, -0.2) is 0 Å². The van der Waals surface area contributed by atoms with Crippen LogP contribution in [-0.4, -0.2) is 23.6 Å². The monoisotopic (exact) mass is 181 g/mol. The number of esters is 1. The van der Waals surface area contributed by atoms with Crippen LogP contribution in [0, 0.1) is 11.3 Å². The highest BCUT2D eigenvalue weighted by Crippen LogP contribution is 2.14. The number of carbonyl (C=O) groups excluding carboxylic acids is 3. The molecule has 13 heavy (non-hydrogen) atoms. The van der Waals surface area contributed by atoms with E-state index in [1.807, 2.05) is 0 Å². The Hall–Kier alpha value is -1.70. The third-order valence-electron chi connectivity index (χ3n) is 1.64. The van der Waals surface area contributed by atoms with Gasteiger partial charge in [0.2, 0.25) is 0 Å². The number of hydrogen-bond acceptors (Lipinski definition) is 5. The van der Waals surface area contributed by atoms with Crippen molar-refractivity contribution in [3.05, 3.63) is 0 Å². The molecule has 5 heteroatoms. The molecule has 0 aliphatic heterocycles. The zero-order valence-electron chi connectivity index (χ0n) is 6.78. The molecule has 0 spiro atoms. The lowest BCUT2D eigenvalue weighted by Crippen LogP contribution is -2.21. The number of nitriles is 1. The maximum atomic E-state index is 10.9. The summed E-state index contributed by atoms with van der Waals surface area (Å²) in [4.78, 5) is 32.4. The van der Waals surface area contributed by atoms with Gasteiger partial charge >= 0.3 is 5.97 Å². The molecule has 5 nitrogen and oxygen atoms in total. The van der Waals surface area contributed by atoms with Crippen LogP contribution >= 0.6 is 0 Å². The van der Waals surface area contributed by atoms with Gasteiger partial charge in [0, 0.05) is 0 Å². The summed E-state index contributed by atoms with van der Waals surface area (Å²) in [5, 5.41) is 8.13. The maximum absolute atomic E-state index is 10.9. The van der Waals surface area contributed by atoms with Gasteiger partial charge in [-0.05, 0) is 0 Å². The molecule has 1 aliphatic carbocycles. The van der Waals surface area contributed by atoms with Crippen LogP contribution in [0.3, 0.4) is 0 Å². The van der Waals surface area contributed by atoms with Crippen LogP contribution in [0.4, 0.5) is 0 Å². The van der Waals surface area contributed by atoms with E-state index in [1.54, 1.807) is 6.07 Å². The van der Waals surface area contributed by atoms with E-state index in [0.29, 0.717) is 0 Å². The van der Waals surface area contributed by atoms with Gasteiger partial charge in [-0.2, -0.15) is 5.26 Å². The molecular formula is C8H7NO4. The standard InChI is InChI=1S/C8H7NO4/c9-2-1-8(12)13-7-4-5(10)3-6(7)11/h7H,1,3-4H2. The molecule has 68 valence electrons. The van der Waals surface area contributed by atoms with E-state index < -0.39 is 18.5 Å². The Morgan fingerprint density at radius 2 is 2.31 bits per heavy atom. The number of ether oxygens (including phenoxy) is 1. The average Bonchev–Trinajstić information content (AvgIpc) is 2.30. The van der Waals surface area contributed by atoms with Crippen molar-refractivity contribution in [2.45, 2.75) is 25.4 Å². The van der Waals surface area contributed by atoms with Gasteiger partial charge in [0.25, 0.3) is 0 Å². The molecule has 1 unspecified atom stereocenters. The summed E-state index contributed by atoms with van der Waals surface area (Å²) in [6, 6.07) is 1.60. The van der Waals surface area contributed by atoms with E-state index >= 15 is 0 Å². The second-order valence-electron chi connectivity index (χ2n) is 2.70. The highest BCUT2D eigenvalue weighted by molar-refractivity contribution is 6.09. The molecule has 0 aromatic heterocycles. The molecule has 1 saturated carbocycles. The number of carbonyl (C=O) groups is 3. The van der Waals surface area contributed by atoms with Crippen molar-refractivity contribution in [3.63, 3.8) is 0 Å². The summed E-state index contributed by atoms with van der Waals surface area (Å²) < 4.78 is 4.60. The summed E-state index contributed by atoms with van der Waals surface area (Å²) in [6.45, 7) is 0. The van der Waals surface area contributed by atoms with Crippen LogP contribution in [0.5, 0.6) is 0 Å². The largest absolute Gasteiger partial charge is 0.453 e. The van der Waals surface area contributed by atoms with Crippen LogP contribution in [0.15, 0.2) is 0 Å². The minimum Gasteiger partial charge on any atom is -0.453 e. The lowest BCUT2D eigenvalue weighted by molar-refractivity contribution is -0.152. The second-order valence-corrected chi connectivity index (χ2v) is 2.70. The molecule has 1 rings (SSSR count). The Kier molecular flexibility index (Phi) is 2.75. The fourth-order valence-electron chi connectivity index (χ4n) is 1.07. The molecule has 1 atom stereocenters. The van der Waals surface area contributed by atoms with Crippen LogP contribution in [0.1, 0.15) is 19.3 Å². The van der Waals surface area contributed by atoms with Gasteiger partial charge in [0.1, 0.15) is 12.2 Å². The smallest absolute Gasteiger partial charge is 0.320 e. The first kappa shape index (κ1) is 9.39. The molecular weight excluding hydrogens is 174 g/mol. The van der Waals surface area contributed by atoms with Crippen molar-refractivity contribution in [3.8, 4) is 6.07 Å². The molecule has 0 amide bonds. The quantitative estimate of drug-likeness (QED) is 0.433. The molecule has 0 aromatic carbocycles. The van der Waals surface area contributed by atoms with Crippen LogP contribution in [-0.2, 0) is 19.1 Å². The molecule has 0 N–H and O–H groups in total. The van der Waals surface area contributed by atoms with Gasteiger partial charge in [0.15, 0.2) is 11.9 Å². The minimum atomic E-state index is -0.951. The van der Waals surface area contributed by atoms with Crippen LogP contribution in [0.2, 0.25) is 0 Å². The zero-order chi connectivity index (χ0) is 9.84. The van der Waals surface area contributed by atoms with Gasteiger partial charge in [-0.3, -0.25) is 14.4 Å². The zero-order valence-corrected chi connectivity index (χ0v) is 6.78. The SMILES string of the molecule is N#CCC(=O)OC1CC(=O)CC1=O. The Morgan fingerprint density at radius 3 is 2.77 bits per heavy atom. The topological polar surface area (TPSA) is 84.2 Å². The molecule has 0 radical (unpaired) electrons. The predicted molar refractivity (Wildman–Crippen MR) is 39.4 cm³/mol. The van der Waals surface area contributed by atoms with Crippen molar-refractivity contribution >= 4 is 17.5 Å². The van der Waals surface area contributed by atoms with E-state index in [9.17, 15) is 14.4 Å². The van der Waals surface area contributed by atoms with Gasteiger partial charge in [-0.15, -0.1) is 0 Å². The lowest BCUT2D eigenvalue weighted by Gasteiger charge is -2.06. The van der Waals surface area contributed by atoms with Crippen molar-refractivity contribution in [2.24, 2.45) is 0 Å². The first-order valence-corrected chi connectivity index (χ1v) is 3.74. The minimum absolute atomic E-state index is 0.0456. The van der Waals surface area contributed by atoms with Crippen molar-refractivity contribution in [1.29, 1.82) is 5.26 Å². The van der Waals surface area contributed by atoms with E-state index in [0.717, 1.165) is 0 Å². The molecule has 1 aliphatic rings. The molecule has 0 heterocycles. The summed E-state index contributed by atoms with van der Waals surface area (Å²) in [5.41, 5.74) is 0. The highest BCUT2D eigenvalue weighted by atomic mass is 16.5. The second kappa shape index (κ2) is 3.81. The summed E-state index contributed by atoms with van der Waals surface area (Å²) in [5.74, 6) is -1.36. The number of rotatable bonds is 2. The first-order chi connectivity index (χ1) is 6.13. The Morgan fingerprint density at radius 1 is 1.62 bits per heavy atom. The third-order valence-corrected chi connectivity index (χ3v) is 1.64. The van der Waals surface area contributed by atoms with E-state index in [2.05, 4.69) is 4.74 Å². The van der Waals surface area contributed by atoms with Gasteiger partial charge < -0.3 is 4.74 Å². The Bertz CT molecular complexity index is 302. The maximum Gasteiger partial charge on any atom is 0.320 e. The highest BCUT2D eigenvalue weighted by Gasteiger charge is 2.33. The van der Waals surface area contributed by atoms with Gasteiger partial charge in [-0.1, -0.05) is 0 Å². The third kappa shape index (κ3) is 2.37. The number of nitrogens with zero attached hydrogens (tertiary/aromatic N) is 1. The van der Waals surface area contributed by atoms with E-state index in [1.165, 1.54) is 0 Å². The van der Waals surface area contributed by atoms with E-state index in [-0.39, 0.29) is 24.4 Å².